The van der Waals surface area contributed by atoms with Crippen LogP contribution in [0.4, 0.5) is 0 Å². The highest BCUT2D eigenvalue weighted by molar-refractivity contribution is 6.32. The van der Waals surface area contributed by atoms with E-state index < -0.39 is 59.5 Å². The molecule has 376 valence electrons. The summed E-state index contributed by atoms with van der Waals surface area (Å²) in [6.45, 7) is 7.96. The summed E-state index contributed by atoms with van der Waals surface area (Å²) in [7, 11) is 2.54. The predicted octanol–water partition coefficient (Wildman–Crippen LogP) is 3.96. The summed E-state index contributed by atoms with van der Waals surface area (Å²) in [5, 5.41) is 18.0. The van der Waals surface area contributed by atoms with Crippen molar-refractivity contribution < 1.29 is 76.6 Å². The smallest absolute Gasteiger partial charge is 0.338 e. The largest absolute Gasteiger partial charge is 0.478 e. The maximum atomic E-state index is 13.1. The van der Waals surface area contributed by atoms with Crippen molar-refractivity contribution in [3.8, 4) is 0 Å². The van der Waals surface area contributed by atoms with Gasteiger partial charge in [-0.15, -0.1) is 0 Å². The number of amides is 1. The number of aliphatic carboxylic acids is 1. The second-order valence-electron chi connectivity index (χ2n) is 14.4. The number of nitrogens with two attached hydrogens (primary N) is 1. The van der Waals surface area contributed by atoms with E-state index in [-0.39, 0.29) is 56.3 Å². The van der Waals surface area contributed by atoms with Crippen molar-refractivity contribution in [1.29, 1.82) is 0 Å². The third-order valence-electron chi connectivity index (χ3n) is 9.76. The topological polar surface area (TPSA) is 284 Å². The Hall–Kier alpha value is -7.10. The number of rotatable bonds is 19. The highest BCUT2D eigenvalue weighted by Crippen LogP contribution is 2.43. The monoisotopic (exact) mass is 1010 g/mol. The number of cyclic esters (lactones) is 2. The first-order valence-corrected chi connectivity index (χ1v) is 22.1. The molecular formula is C48H54Cl2N4O16. The highest BCUT2D eigenvalue weighted by atomic mass is 35.5. The highest BCUT2D eigenvalue weighted by Gasteiger charge is 2.41. The SMILES string of the molecule is CCOC(=O)C1=C(COCCN)NC(C)=C(C(=O)OC)C1c1ccccc1Cl.CCOC(=O)C1=C(COCCNC(=O)/C=C\C(=O)O)NC(C)=C(C(=O)OC)C1c1ccccc1Cl.O=C1C=CC(=O)O1. The number of hydrogen-bond acceptors (Lipinski definition) is 18. The van der Waals surface area contributed by atoms with Crippen LogP contribution in [0.5, 0.6) is 0 Å². The van der Waals surface area contributed by atoms with Crippen molar-refractivity contribution in [1.82, 2.24) is 16.0 Å². The van der Waals surface area contributed by atoms with Crippen molar-refractivity contribution in [3.63, 3.8) is 0 Å². The number of carbonyl (C=O) groups is 8. The Morgan fingerprint density at radius 1 is 0.686 bits per heavy atom. The van der Waals surface area contributed by atoms with Crippen LogP contribution in [0.1, 0.15) is 50.7 Å². The fourth-order valence-electron chi connectivity index (χ4n) is 6.91. The van der Waals surface area contributed by atoms with Crippen molar-refractivity contribution >= 4 is 70.9 Å². The Labute approximate surface area is 413 Å². The fourth-order valence-corrected chi connectivity index (χ4v) is 7.40. The number of nitrogens with one attached hydrogen (secondary N) is 3. The molecule has 0 saturated heterocycles. The molecule has 1 amide bonds. The Bertz CT molecular complexity index is 2480. The normalized spacial score (nSPS) is 16.2. The van der Waals surface area contributed by atoms with E-state index in [1.165, 1.54) is 14.2 Å². The molecule has 2 atom stereocenters. The standard InChI is InChI=1S/C24H27ClN2O8.C20H25ClN2O5.C4H2O3/c1-4-35-24(32)22-17(13-34-12-11-26-18(28)9-10-19(29)30)27-14(2)20(23(31)33-3)21(22)15-7-5-6-8-16(15)25;1-4-28-20(25)18-15(11-27-10-9-22)23-12(2)16(19(24)26-3)17(18)13-7-5-6-8-14(13)21;5-3-1-2-4(6)7-3/h5-10,21,27H,4,11-13H2,1-3H3,(H,26,28)(H,29,30);5-8,17,23H,4,9-11,22H2,1-3H3;1-2H/b10-9-;;. The number of halogens is 2. The van der Waals surface area contributed by atoms with E-state index >= 15 is 0 Å². The number of dihydropyridines is 2. The summed E-state index contributed by atoms with van der Waals surface area (Å²) in [6, 6.07) is 13.9. The predicted molar refractivity (Wildman–Crippen MR) is 252 cm³/mol. The van der Waals surface area contributed by atoms with Gasteiger partial charge in [-0.1, -0.05) is 59.6 Å². The van der Waals surface area contributed by atoms with Gasteiger partial charge in [0.2, 0.25) is 5.91 Å². The number of ether oxygens (including phenoxy) is 7. The molecule has 0 spiro atoms. The maximum Gasteiger partial charge on any atom is 0.338 e. The maximum absolute atomic E-state index is 13.1. The summed E-state index contributed by atoms with van der Waals surface area (Å²) >= 11 is 12.9. The molecule has 3 heterocycles. The number of hydrogen-bond donors (Lipinski definition) is 5. The van der Waals surface area contributed by atoms with E-state index in [2.05, 4.69) is 20.7 Å². The van der Waals surface area contributed by atoms with Gasteiger partial charge in [-0.25, -0.2) is 33.6 Å². The summed E-state index contributed by atoms with van der Waals surface area (Å²) in [6.07, 6.45) is 3.79. The Balaban J connectivity index is 0.000000329. The number of benzene rings is 2. The molecule has 3 aliphatic heterocycles. The fraction of sp³-hybridized carbons (Fsp3) is 0.333. The zero-order valence-corrected chi connectivity index (χ0v) is 40.7. The molecule has 0 saturated carbocycles. The molecule has 70 heavy (non-hydrogen) atoms. The molecule has 3 aliphatic rings. The molecule has 2 aromatic rings. The number of methoxy groups -OCH3 is 2. The van der Waals surface area contributed by atoms with Crippen molar-refractivity contribution in [3.05, 3.63) is 139 Å². The minimum absolute atomic E-state index is 0.0668. The molecule has 22 heteroatoms. The van der Waals surface area contributed by atoms with Gasteiger partial charge in [0.1, 0.15) is 0 Å². The van der Waals surface area contributed by atoms with Crippen LogP contribution in [0.2, 0.25) is 10.0 Å². The lowest BCUT2D eigenvalue weighted by Crippen LogP contribution is -2.35. The van der Waals surface area contributed by atoms with E-state index in [4.69, 9.17) is 62.5 Å². The molecule has 0 radical (unpaired) electrons. The zero-order valence-electron chi connectivity index (χ0n) is 39.1. The Kier molecular flexibility index (Phi) is 23.7. The van der Waals surface area contributed by atoms with Crippen LogP contribution >= 0.6 is 23.2 Å². The number of carboxylic acids is 1. The van der Waals surface area contributed by atoms with E-state index in [1.807, 2.05) is 0 Å². The average Bonchev–Trinajstić information content (AvgIpc) is 3.72. The van der Waals surface area contributed by atoms with E-state index in [0.29, 0.717) is 62.7 Å². The Morgan fingerprint density at radius 2 is 1.11 bits per heavy atom. The second-order valence-corrected chi connectivity index (χ2v) is 15.2. The summed E-state index contributed by atoms with van der Waals surface area (Å²) in [5.41, 5.74) is 9.42. The van der Waals surface area contributed by atoms with E-state index in [9.17, 15) is 38.4 Å². The lowest BCUT2D eigenvalue weighted by atomic mass is 9.80. The molecule has 2 aromatic carbocycles. The van der Waals surface area contributed by atoms with Crippen molar-refractivity contribution in [2.75, 3.05) is 67.0 Å². The van der Waals surface area contributed by atoms with Gasteiger partial charge < -0.3 is 59.9 Å². The molecule has 0 fully saturated rings. The van der Waals surface area contributed by atoms with Crippen molar-refractivity contribution in [2.45, 2.75) is 39.5 Å². The van der Waals surface area contributed by atoms with Gasteiger partial charge in [0.05, 0.1) is 99.4 Å². The first kappa shape index (κ1) is 57.2. The third-order valence-corrected chi connectivity index (χ3v) is 10.4. The third kappa shape index (κ3) is 16.3. The van der Waals surface area contributed by atoms with Crippen LogP contribution in [0.15, 0.2) is 118 Å². The average molecular weight is 1010 g/mol. The summed E-state index contributed by atoms with van der Waals surface area (Å²) in [5.74, 6) is -6.98. The molecular weight excluding hydrogens is 959 g/mol. The first-order valence-electron chi connectivity index (χ1n) is 21.3. The van der Waals surface area contributed by atoms with Crippen LogP contribution < -0.4 is 21.7 Å². The van der Waals surface area contributed by atoms with Crippen molar-refractivity contribution in [2.24, 2.45) is 5.73 Å². The van der Waals surface area contributed by atoms with Gasteiger partial charge in [0.15, 0.2) is 0 Å². The van der Waals surface area contributed by atoms with Crippen LogP contribution in [-0.2, 0) is 71.5 Å². The number of carboxylic acid groups (broad SMARTS) is 1. The lowest BCUT2D eigenvalue weighted by Gasteiger charge is -2.31. The van der Waals surface area contributed by atoms with E-state index in [1.54, 1.807) is 76.2 Å². The van der Waals surface area contributed by atoms with Crippen LogP contribution in [0.25, 0.3) is 0 Å². The minimum atomic E-state index is -1.24. The van der Waals surface area contributed by atoms with Gasteiger partial charge in [-0.3, -0.25) is 4.79 Å². The molecule has 0 aromatic heterocycles. The summed E-state index contributed by atoms with van der Waals surface area (Å²) < 4.78 is 35.7. The van der Waals surface area contributed by atoms with Crippen LogP contribution in [-0.4, -0.2) is 120 Å². The van der Waals surface area contributed by atoms with Gasteiger partial charge >= 0.3 is 41.8 Å². The second kappa shape index (κ2) is 29.0. The zero-order chi connectivity index (χ0) is 51.9. The van der Waals surface area contributed by atoms with Gasteiger partial charge in [-0.05, 0) is 51.0 Å². The molecule has 0 bridgehead atoms. The lowest BCUT2D eigenvalue weighted by molar-refractivity contribution is -0.150. The molecule has 2 unspecified atom stereocenters. The molecule has 5 rings (SSSR count). The van der Waals surface area contributed by atoms with Gasteiger partial charge in [-0.2, -0.15) is 0 Å². The van der Waals surface area contributed by atoms with Crippen LogP contribution in [0.3, 0.4) is 0 Å². The number of esters is 6. The van der Waals surface area contributed by atoms with E-state index in [0.717, 1.165) is 24.3 Å². The molecule has 6 N–H and O–H groups in total. The molecule has 0 aliphatic carbocycles. The Morgan fingerprint density at radius 3 is 1.47 bits per heavy atom. The summed E-state index contributed by atoms with van der Waals surface area (Å²) in [4.78, 5) is 93.1. The van der Waals surface area contributed by atoms with Gasteiger partial charge in [0.25, 0.3) is 0 Å². The minimum Gasteiger partial charge on any atom is -0.478 e. The molecule has 20 nitrogen and oxygen atoms in total. The number of allylic oxidation sites excluding steroid dienone is 2. The number of carbonyl (C=O) groups excluding carboxylic acids is 7. The quantitative estimate of drug-likeness (QED) is 0.0438. The first-order chi connectivity index (χ1) is 33.4. The van der Waals surface area contributed by atoms with Gasteiger partial charge in [0, 0.05) is 58.8 Å². The van der Waals surface area contributed by atoms with Crippen LogP contribution in [0, 0.1) is 0 Å².